The molecule has 0 atom stereocenters. The first kappa shape index (κ1) is 16.3. The predicted octanol–water partition coefficient (Wildman–Crippen LogP) is 3.69. The number of Topliss-reactive ketones (excluding diaryl/α,β-unsaturated/α-hetero) is 1. The molecule has 0 radical (unpaired) electrons. The highest BCUT2D eigenvalue weighted by Crippen LogP contribution is 2.22. The summed E-state index contributed by atoms with van der Waals surface area (Å²) in [6, 6.07) is 8.94. The van der Waals surface area contributed by atoms with Crippen LogP contribution in [0.3, 0.4) is 0 Å². The van der Waals surface area contributed by atoms with Gasteiger partial charge in [0.05, 0.1) is 18.1 Å². The fraction of sp³-hybridized carbons (Fsp3) is 0.294. The van der Waals surface area contributed by atoms with Crippen molar-refractivity contribution < 1.29 is 14.3 Å². The van der Waals surface area contributed by atoms with Crippen molar-refractivity contribution in [3.63, 3.8) is 0 Å². The van der Waals surface area contributed by atoms with E-state index < -0.39 is 0 Å². The second-order valence-corrected chi connectivity index (χ2v) is 5.21. The maximum atomic E-state index is 11.8. The molecule has 0 N–H and O–H groups in total. The fourth-order valence-electron chi connectivity index (χ4n) is 2.48. The first-order valence-corrected chi connectivity index (χ1v) is 7.58. The number of hydrogen-bond acceptors (Lipinski definition) is 3. The van der Waals surface area contributed by atoms with Crippen LogP contribution in [0.5, 0.6) is 0 Å². The number of aromatic nitrogens is 1. The molecule has 0 fully saturated rings. The van der Waals surface area contributed by atoms with E-state index >= 15 is 0 Å². The van der Waals surface area contributed by atoms with Crippen LogP contribution in [-0.4, -0.2) is 28.8 Å². The van der Waals surface area contributed by atoms with Gasteiger partial charge in [0.2, 0.25) is 0 Å². The maximum absolute atomic E-state index is 11.8. The zero-order chi connectivity index (χ0) is 16.3. The summed E-state index contributed by atoms with van der Waals surface area (Å²) in [5, 5.41) is 0. The monoisotopic (exact) mass is 319 g/mol. The van der Waals surface area contributed by atoms with E-state index in [9.17, 15) is 9.59 Å². The number of carbonyl (C=O) groups is 2. The molecule has 0 saturated carbocycles. The molecular weight excluding hydrogens is 302 g/mol. The molecule has 5 heteroatoms. The Morgan fingerprint density at radius 1 is 1.18 bits per heavy atom. The van der Waals surface area contributed by atoms with Gasteiger partial charge in [-0.25, -0.2) is 4.79 Å². The molecule has 1 aromatic carbocycles. The summed E-state index contributed by atoms with van der Waals surface area (Å²) in [6.45, 7) is 5.93. The Labute approximate surface area is 134 Å². The number of hydrogen-bond donors (Lipinski definition) is 0. The third-order valence-electron chi connectivity index (χ3n) is 3.49. The number of halogens is 1. The minimum Gasteiger partial charge on any atom is -0.462 e. The van der Waals surface area contributed by atoms with Crippen molar-refractivity contribution in [1.29, 1.82) is 0 Å². The highest BCUT2D eigenvalue weighted by molar-refractivity contribution is 6.30. The lowest BCUT2D eigenvalue weighted by Gasteiger charge is -2.10. The maximum Gasteiger partial charge on any atom is 0.338 e. The van der Waals surface area contributed by atoms with Crippen LogP contribution in [0.15, 0.2) is 30.3 Å². The number of carbonyl (C=O) groups excluding carboxylic acids is 2. The van der Waals surface area contributed by atoms with Gasteiger partial charge in [0.25, 0.3) is 0 Å². The van der Waals surface area contributed by atoms with Crippen LogP contribution in [0.25, 0.3) is 5.69 Å². The van der Waals surface area contributed by atoms with Crippen LogP contribution in [0, 0.1) is 13.8 Å². The fourth-order valence-corrected chi connectivity index (χ4v) is 2.62. The Balaban J connectivity index is 2.39. The molecule has 0 unspecified atom stereocenters. The zero-order valence-electron chi connectivity index (χ0n) is 12.9. The van der Waals surface area contributed by atoms with E-state index in [1.54, 1.807) is 19.1 Å². The topological polar surface area (TPSA) is 48.3 Å². The van der Waals surface area contributed by atoms with E-state index in [1.165, 1.54) is 0 Å². The van der Waals surface area contributed by atoms with Gasteiger partial charge < -0.3 is 9.30 Å². The van der Waals surface area contributed by atoms with Crippen molar-refractivity contribution in [3.05, 3.63) is 52.8 Å². The van der Waals surface area contributed by atoms with Gasteiger partial charge in [-0.15, -0.1) is 11.6 Å². The number of alkyl halides is 1. The molecule has 0 aliphatic carbocycles. The summed E-state index contributed by atoms with van der Waals surface area (Å²) < 4.78 is 6.93. The van der Waals surface area contributed by atoms with Crippen LogP contribution in [0.4, 0.5) is 0 Å². The summed E-state index contributed by atoms with van der Waals surface area (Å²) in [4.78, 5) is 23.5. The van der Waals surface area contributed by atoms with E-state index in [4.69, 9.17) is 16.3 Å². The largest absolute Gasteiger partial charge is 0.462 e. The Bertz CT molecular complexity index is 701. The summed E-state index contributed by atoms with van der Waals surface area (Å²) in [5.41, 5.74) is 3.80. The molecule has 2 aromatic rings. The van der Waals surface area contributed by atoms with E-state index in [0.717, 1.165) is 17.1 Å². The molecule has 2 rings (SSSR count). The smallest absolute Gasteiger partial charge is 0.338 e. The molecule has 4 nitrogen and oxygen atoms in total. The molecule has 22 heavy (non-hydrogen) atoms. The summed E-state index contributed by atoms with van der Waals surface area (Å²) >= 11 is 5.64. The van der Waals surface area contributed by atoms with Crippen LogP contribution in [0.2, 0.25) is 0 Å². The minimum absolute atomic E-state index is 0.0356. The highest BCUT2D eigenvalue weighted by atomic mass is 35.5. The molecule has 0 spiro atoms. The molecule has 116 valence electrons. The van der Waals surface area contributed by atoms with Gasteiger partial charge in [-0.2, -0.15) is 0 Å². The van der Waals surface area contributed by atoms with Crippen LogP contribution in [0.1, 0.15) is 39.0 Å². The van der Waals surface area contributed by atoms with Gasteiger partial charge in [-0.1, -0.05) is 0 Å². The van der Waals surface area contributed by atoms with E-state index in [0.29, 0.717) is 17.7 Å². The summed E-state index contributed by atoms with van der Waals surface area (Å²) in [7, 11) is 0. The molecule has 0 saturated heterocycles. The molecule has 1 aromatic heterocycles. The van der Waals surface area contributed by atoms with Gasteiger partial charge in [0.1, 0.15) is 0 Å². The third-order valence-corrected chi connectivity index (χ3v) is 3.73. The van der Waals surface area contributed by atoms with Gasteiger partial charge in [-0.3, -0.25) is 4.79 Å². The van der Waals surface area contributed by atoms with Crippen molar-refractivity contribution in [2.75, 3.05) is 12.5 Å². The van der Waals surface area contributed by atoms with Crippen molar-refractivity contribution in [1.82, 2.24) is 4.57 Å². The lowest BCUT2D eigenvalue weighted by molar-refractivity contribution is 0.0526. The Morgan fingerprint density at radius 3 is 2.36 bits per heavy atom. The lowest BCUT2D eigenvalue weighted by Crippen LogP contribution is -2.06. The van der Waals surface area contributed by atoms with E-state index in [-0.39, 0.29) is 17.6 Å². The highest BCUT2D eigenvalue weighted by Gasteiger charge is 2.16. The zero-order valence-corrected chi connectivity index (χ0v) is 13.6. The second-order valence-electron chi connectivity index (χ2n) is 4.94. The second kappa shape index (κ2) is 6.79. The van der Waals surface area contributed by atoms with Crippen molar-refractivity contribution in [2.45, 2.75) is 20.8 Å². The lowest BCUT2D eigenvalue weighted by atomic mass is 10.2. The Kier molecular flexibility index (Phi) is 5.03. The summed E-state index contributed by atoms with van der Waals surface area (Å²) in [6.07, 6.45) is 0. The average molecular weight is 320 g/mol. The number of benzene rings is 1. The number of nitrogens with zero attached hydrogens (tertiary/aromatic N) is 1. The average Bonchev–Trinajstić information content (AvgIpc) is 2.82. The van der Waals surface area contributed by atoms with Crippen molar-refractivity contribution >= 4 is 23.4 Å². The molecule has 0 amide bonds. The number of ether oxygens (including phenoxy) is 1. The third kappa shape index (κ3) is 3.07. The van der Waals surface area contributed by atoms with E-state index in [1.807, 2.05) is 36.6 Å². The molecule has 0 bridgehead atoms. The van der Waals surface area contributed by atoms with Gasteiger partial charge >= 0.3 is 5.97 Å². The molecule has 1 heterocycles. The van der Waals surface area contributed by atoms with Crippen molar-refractivity contribution in [3.8, 4) is 5.69 Å². The van der Waals surface area contributed by atoms with Gasteiger partial charge in [0, 0.05) is 22.6 Å². The molecular formula is C17H18ClNO3. The standard InChI is InChI=1S/C17H18ClNO3/c1-4-22-17(21)13-5-7-14(8-6-13)19-11(2)9-15(12(19)3)16(20)10-18/h5-9H,4,10H2,1-3H3. The number of rotatable bonds is 5. The summed E-state index contributed by atoms with van der Waals surface area (Å²) in [5.74, 6) is -0.469. The first-order chi connectivity index (χ1) is 10.5. The SMILES string of the molecule is CCOC(=O)c1ccc(-n2c(C)cc(C(=O)CCl)c2C)cc1. The quantitative estimate of drug-likeness (QED) is 0.480. The normalized spacial score (nSPS) is 10.5. The number of esters is 1. The van der Waals surface area contributed by atoms with Crippen LogP contribution in [-0.2, 0) is 4.74 Å². The van der Waals surface area contributed by atoms with Gasteiger partial charge in [0.15, 0.2) is 5.78 Å². The number of ketones is 1. The molecule has 0 aliphatic heterocycles. The van der Waals surface area contributed by atoms with E-state index in [2.05, 4.69) is 0 Å². The van der Waals surface area contributed by atoms with Crippen LogP contribution >= 0.6 is 11.6 Å². The number of aryl methyl sites for hydroxylation is 1. The Hall–Kier alpha value is -2.07. The van der Waals surface area contributed by atoms with Gasteiger partial charge in [-0.05, 0) is 51.1 Å². The Morgan fingerprint density at radius 2 is 1.82 bits per heavy atom. The first-order valence-electron chi connectivity index (χ1n) is 7.05. The molecule has 0 aliphatic rings. The van der Waals surface area contributed by atoms with Crippen molar-refractivity contribution in [2.24, 2.45) is 0 Å². The minimum atomic E-state index is -0.340. The van der Waals surface area contributed by atoms with Crippen LogP contribution < -0.4 is 0 Å². The predicted molar refractivity (Wildman–Crippen MR) is 86.3 cm³/mol.